The van der Waals surface area contributed by atoms with Crippen LogP contribution in [0.25, 0.3) is 0 Å². The molecule has 0 saturated carbocycles. The molecule has 0 aliphatic carbocycles. The zero-order valence-corrected chi connectivity index (χ0v) is 10.0. The highest BCUT2D eigenvalue weighted by molar-refractivity contribution is 7.99. The van der Waals surface area contributed by atoms with Crippen LogP contribution in [0.5, 0.6) is 0 Å². The van der Waals surface area contributed by atoms with Crippen molar-refractivity contribution in [3.63, 3.8) is 0 Å². The van der Waals surface area contributed by atoms with Gasteiger partial charge in [0.25, 0.3) is 0 Å². The minimum atomic E-state index is -0.508. The smallest absolute Gasteiger partial charge is 0.348 e. The maximum atomic E-state index is 11.6. The Morgan fingerprint density at radius 2 is 1.81 bits per heavy atom. The molecule has 0 amide bonds. The summed E-state index contributed by atoms with van der Waals surface area (Å²) in [5, 5.41) is 0. The second-order valence-corrected chi connectivity index (χ2v) is 4.74. The summed E-state index contributed by atoms with van der Waals surface area (Å²) in [6, 6.07) is 3.79. The van der Waals surface area contributed by atoms with Gasteiger partial charge in [0.05, 0.1) is 11.1 Å². The number of hydrogen-bond acceptors (Lipinski definition) is 4. The van der Waals surface area contributed by atoms with Gasteiger partial charge >= 0.3 is 11.9 Å². The standard InChI is InChI=1S/C12H12O3S/c1-3-7-5-6-8(16-4-2)10-9(7)11(13)15-12(10)14/h5-6H,3-4H2,1-2H3. The van der Waals surface area contributed by atoms with Crippen molar-refractivity contribution in [2.45, 2.75) is 25.2 Å². The van der Waals surface area contributed by atoms with Crippen molar-refractivity contribution in [3.05, 3.63) is 28.8 Å². The predicted molar refractivity (Wildman–Crippen MR) is 62.0 cm³/mol. The molecule has 0 fully saturated rings. The van der Waals surface area contributed by atoms with Crippen molar-refractivity contribution in [2.24, 2.45) is 0 Å². The Morgan fingerprint density at radius 3 is 2.44 bits per heavy atom. The third-order valence-corrected chi connectivity index (χ3v) is 3.47. The fourth-order valence-electron chi connectivity index (χ4n) is 1.82. The average molecular weight is 236 g/mol. The zero-order valence-electron chi connectivity index (χ0n) is 9.20. The Kier molecular flexibility index (Phi) is 3.01. The van der Waals surface area contributed by atoms with Gasteiger partial charge in [-0.15, -0.1) is 11.8 Å². The first kappa shape index (κ1) is 11.2. The van der Waals surface area contributed by atoms with E-state index in [-0.39, 0.29) is 0 Å². The summed E-state index contributed by atoms with van der Waals surface area (Å²) in [5.74, 6) is -0.152. The quantitative estimate of drug-likeness (QED) is 0.460. The third-order valence-electron chi connectivity index (χ3n) is 2.53. The van der Waals surface area contributed by atoms with E-state index in [2.05, 4.69) is 4.74 Å². The number of ether oxygens (including phenoxy) is 1. The Bertz CT molecular complexity index is 466. The van der Waals surface area contributed by atoms with Crippen LogP contribution in [-0.4, -0.2) is 17.7 Å². The van der Waals surface area contributed by atoms with Crippen LogP contribution in [0.2, 0.25) is 0 Å². The van der Waals surface area contributed by atoms with E-state index in [1.54, 1.807) is 11.8 Å². The fourth-order valence-corrected chi connectivity index (χ4v) is 2.62. The van der Waals surface area contributed by atoms with E-state index in [9.17, 15) is 9.59 Å². The minimum absolute atomic E-state index is 0.455. The number of benzene rings is 1. The molecular weight excluding hydrogens is 224 g/mol. The molecule has 1 heterocycles. The van der Waals surface area contributed by atoms with Gasteiger partial charge < -0.3 is 4.74 Å². The van der Waals surface area contributed by atoms with Crippen LogP contribution < -0.4 is 0 Å². The van der Waals surface area contributed by atoms with Crippen molar-refractivity contribution in [1.29, 1.82) is 0 Å². The monoisotopic (exact) mass is 236 g/mol. The number of rotatable bonds is 3. The lowest BCUT2D eigenvalue weighted by atomic mass is 10.0. The number of carbonyl (C=O) groups excluding carboxylic acids is 2. The molecule has 0 saturated heterocycles. The Hall–Kier alpha value is -1.29. The molecule has 4 heteroatoms. The van der Waals surface area contributed by atoms with Gasteiger partial charge in [-0.1, -0.05) is 19.9 Å². The van der Waals surface area contributed by atoms with E-state index in [0.717, 1.165) is 22.6 Å². The Morgan fingerprint density at radius 1 is 1.12 bits per heavy atom. The molecule has 0 unspecified atom stereocenters. The molecule has 0 N–H and O–H groups in total. The van der Waals surface area contributed by atoms with Gasteiger partial charge in [0.2, 0.25) is 0 Å². The van der Waals surface area contributed by atoms with E-state index >= 15 is 0 Å². The van der Waals surface area contributed by atoms with Gasteiger partial charge in [-0.25, -0.2) is 9.59 Å². The first-order valence-corrected chi connectivity index (χ1v) is 6.22. The normalized spacial score (nSPS) is 13.9. The van der Waals surface area contributed by atoms with E-state index in [1.807, 2.05) is 26.0 Å². The van der Waals surface area contributed by atoms with Crippen LogP contribution in [0.15, 0.2) is 17.0 Å². The number of thioether (sulfide) groups is 1. The van der Waals surface area contributed by atoms with Crippen LogP contribution in [0.3, 0.4) is 0 Å². The lowest BCUT2D eigenvalue weighted by Crippen LogP contribution is -2.00. The first-order chi connectivity index (χ1) is 7.69. The van der Waals surface area contributed by atoms with Crippen LogP contribution in [-0.2, 0) is 11.2 Å². The second kappa shape index (κ2) is 4.29. The van der Waals surface area contributed by atoms with Gasteiger partial charge in [0, 0.05) is 4.90 Å². The van der Waals surface area contributed by atoms with Gasteiger partial charge in [0.1, 0.15) is 0 Å². The molecule has 1 aromatic rings. The summed E-state index contributed by atoms with van der Waals surface area (Å²) < 4.78 is 4.67. The van der Waals surface area contributed by atoms with Crippen LogP contribution in [0.1, 0.15) is 40.1 Å². The predicted octanol–water partition coefficient (Wildman–Crippen LogP) is 2.67. The molecule has 1 aromatic carbocycles. The highest BCUT2D eigenvalue weighted by Crippen LogP contribution is 2.33. The highest BCUT2D eigenvalue weighted by Gasteiger charge is 2.34. The number of cyclic esters (lactones) is 2. The van der Waals surface area contributed by atoms with Crippen molar-refractivity contribution in [1.82, 2.24) is 0 Å². The molecule has 2 rings (SSSR count). The van der Waals surface area contributed by atoms with Crippen LogP contribution in [0, 0.1) is 0 Å². The van der Waals surface area contributed by atoms with Crippen molar-refractivity contribution in [2.75, 3.05) is 5.75 Å². The molecule has 3 nitrogen and oxygen atoms in total. The SMILES string of the molecule is CCSc1ccc(CC)c2c1C(=O)OC2=O. The molecule has 0 radical (unpaired) electrons. The van der Waals surface area contributed by atoms with Crippen LogP contribution in [0.4, 0.5) is 0 Å². The molecular formula is C12H12O3S. The van der Waals surface area contributed by atoms with Crippen molar-refractivity contribution < 1.29 is 14.3 Å². The Balaban J connectivity index is 2.63. The maximum Gasteiger partial charge on any atom is 0.348 e. The van der Waals surface area contributed by atoms with Crippen LogP contribution >= 0.6 is 11.8 Å². The second-order valence-electron chi connectivity index (χ2n) is 3.44. The van der Waals surface area contributed by atoms with Crippen molar-refractivity contribution >= 4 is 23.7 Å². The summed E-state index contributed by atoms with van der Waals surface area (Å²) in [7, 11) is 0. The summed E-state index contributed by atoms with van der Waals surface area (Å²) in [6.07, 6.45) is 0.724. The molecule has 16 heavy (non-hydrogen) atoms. The summed E-state index contributed by atoms with van der Waals surface area (Å²) in [6.45, 7) is 3.96. The molecule has 0 bridgehead atoms. The molecule has 0 spiro atoms. The largest absolute Gasteiger partial charge is 0.386 e. The van der Waals surface area contributed by atoms with Gasteiger partial charge in [-0.3, -0.25) is 0 Å². The summed E-state index contributed by atoms with van der Waals surface area (Å²) >= 11 is 1.55. The number of fused-ring (bicyclic) bond motifs is 1. The van der Waals surface area contributed by atoms with Crippen molar-refractivity contribution in [3.8, 4) is 0 Å². The van der Waals surface area contributed by atoms with E-state index in [0.29, 0.717) is 11.1 Å². The number of carbonyl (C=O) groups is 2. The maximum absolute atomic E-state index is 11.6. The van der Waals surface area contributed by atoms with E-state index < -0.39 is 11.9 Å². The first-order valence-electron chi connectivity index (χ1n) is 5.24. The number of hydrogen-bond donors (Lipinski definition) is 0. The molecule has 1 aliphatic rings. The van der Waals surface area contributed by atoms with Gasteiger partial charge in [-0.05, 0) is 23.8 Å². The summed E-state index contributed by atoms with van der Waals surface area (Å²) in [4.78, 5) is 24.0. The number of aryl methyl sites for hydroxylation is 1. The summed E-state index contributed by atoms with van der Waals surface area (Å²) in [5.41, 5.74) is 1.80. The average Bonchev–Trinajstić information content (AvgIpc) is 2.56. The van der Waals surface area contributed by atoms with Gasteiger partial charge in [0.15, 0.2) is 0 Å². The zero-order chi connectivity index (χ0) is 11.7. The molecule has 0 aromatic heterocycles. The number of esters is 2. The topological polar surface area (TPSA) is 43.4 Å². The molecule has 84 valence electrons. The lowest BCUT2D eigenvalue weighted by molar-refractivity contribution is 0.0442. The molecule has 0 atom stereocenters. The van der Waals surface area contributed by atoms with Gasteiger partial charge in [-0.2, -0.15) is 0 Å². The third kappa shape index (κ3) is 1.63. The fraction of sp³-hybridized carbons (Fsp3) is 0.333. The highest BCUT2D eigenvalue weighted by atomic mass is 32.2. The Labute approximate surface area is 98.2 Å². The lowest BCUT2D eigenvalue weighted by Gasteiger charge is -2.06. The van der Waals surface area contributed by atoms with E-state index in [1.165, 1.54) is 0 Å². The minimum Gasteiger partial charge on any atom is -0.386 e. The van der Waals surface area contributed by atoms with E-state index in [4.69, 9.17) is 0 Å². The molecule has 1 aliphatic heterocycles.